The first-order chi connectivity index (χ1) is 13.1. The lowest BCUT2D eigenvalue weighted by Crippen LogP contribution is -2.24. The first kappa shape index (κ1) is 21.8. The summed E-state index contributed by atoms with van der Waals surface area (Å²) in [5.41, 5.74) is 0.599. The van der Waals surface area contributed by atoms with Crippen LogP contribution in [0.5, 0.6) is 0 Å². The number of alkyl halides is 3. The van der Waals surface area contributed by atoms with Gasteiger partial charge in [0.25, 0.3) is 0 Å². The van der Waals surface area contributed by atoms with Crippen LogP contribution in [0.2, 0.25) is 0 Å². The van der Waals surface area contributed by atoms with Crippen molar-refractivity contribution in [3.05, 3.63) is 66.2 Å². The first-order valence-electron chi connectivity index (χ1n) is 7.77. The molecule has 0 aliphatic rings. The summed E-state index contributed by atoms with van der Waals surface area (Å²) in [6, 6.07) is 16.9. The number of benzene rings is 2. The van der Waals surface area contributed by atoms with E-state index in [4.69, 9.17) is 4.28 Å². The lowest BCUT2D eigenvalue weighted by molar-refractivity contribution is -0.181. The van der Waals surface area contributed by atoms with Crippen LogP contribution in [-0.4, -0.2) is 39.6 Å². The zero-order valence-electron chi connectivity index (χ0n) is 14.6. The molecule has 2 rings (SSSR count). The molecule has 0 aromatic heterocycles. The van der Waals surface area contributed by atoms with E-state index in [9.17, 15) is 22.2 Å². The molecular formula is C18H16F3NO4S2. The molecule has 0 aliphatic heterocycles. The Morgan fingerprint density at radius 3 is 2.25 bits per heavy atom. The third-order valence-electron chi connectivity index (χ3n) is 2.92. The number of oxime groups is 1. The van der Waals surface area contributed by atoms with Crippen LogP contribution >= 0.6 is 11.8 Å². The van der Waals surface area contributed by atoms with Gasteiger partial charge < -0.3 is 9.02 Å². The normalized spacial score (nSPS) is 14.1. The zero-order chi connectivity index (χ0) is 20.6. The molecular weight excluding hydrogens is 415 g/mol. The van der Waals surface area contributed by atoms with Crippen molar-refractivity contribution >= 4 is 37.9 Å². The second kappa shape index (κ2) is 9.65. The van der Waals surface area contributed by atoms with Crippen LogP contribution in [0.1, 0.15) is 5.56 Å². The van der Waals surface area contributed by atoms with Gasteiger partial charge in [-0.1, -0.05) is 65.4 Å². The molecule has 0 saturated carbocycles. The number of esters is 1. The standard InChI is InChI=1S/C18H16F3NO4S2/c1-28(24,12-14-8-4-2-5-9-14)26-22-16(17(23)25-13-18(19,20)21)27-15-10-6-3-7-11-15/h2-12H,13H2,1H3. The molecule has 5 nitrogen and oxygen atoms in total. The van der Waals surface area contributed by atoms with E-state index in [1.54, 1.807) is 60.7 Å². The van der Waals surface area contributed by atoms with E-state index in [0.29, 0.717) is 10.5 Å². The van der Waals surface area contributed by atoms with E-state index in [1.807, 2.05) is 0 Å². The van der Waals surface area contributed by atoms with Crippen molar-refractivity contribution in [1.29, 1.82) is 0 Å². The van der Waals surface area contributed by atoms with Gasteiger partial charge in [0.1, 0.15) is 9.80 Å². The largest absolute Gasteiger partial charge is 0.451 e. The second-order valence-corrected chi connectivity index (χ2v) is 8.54. The van der Waals surface area contributed by atoms with Crippen LogP contribution < -0.4 is 0 Å². The van der Waals surface area contributed by atoms with Crippen molar-refractivity contribution in [2.24, 2.45) is 5.16 Å². The van der Waals surface area contributed by atoms with E-state index in [-0.39, 0.29) is 0 Å². The van der Waals surface area contributed by atoms with Gasteiger partial charge in [-0.15, -0.1) is 0 Å². The number of hydrogen-bond donors (Lipinski definition) is 0. The Morgan fingerprint density at radius 1 is 1.11 bits per heavy atom. The smallest absolute Gasteiger partial charge is 0.422 e. The van der Waals surface area contributed by atoms with Crippen molar-refractivity contribution in [3.63, 3.8) is 0 Å². The average molecular weight is 431 g/mol. The highest BCUT2D eigenvalue weighted by molar-refractivity contribution is 8.15. The van der Waals surface area contributed by atoms with Gasteiger partial charge in [0.2, 0.25) is 5.04 Å². The summed E-state index contributed by atoms with van der Waals surface area (Å²) in [6.45, 7) is -1.77. The van der Waals surface area contributed by atoms with E-state index < -0.39 is 33.6 Å². The molecule has 0 N–H and O–H groups in total. The number of hydrogen-bond acceptors (Lipinski definition) is 6. The summed E-state index contributed by atoms with van der Waals surface area (Å²) in [4.78, 5) is 12.5. The van der Waals surface area contributed by atoms with Gasteiger partial charge in [-0.3, -0.25) is 0 Å². The monoisotopic (exact) mass is 431 g/mol. The number of carbonyl (C=O) groups excluding carboxylic acids is 1. The highest BCUT2D eigenvalue weighted by Gasteiger charge is 2.31. The van der Waals surface area contributed by atoms with Crippen LogP contribution in [0.4, 0.5) is 13.2 Å². The lowest BCUT2D eigenvalue weighted by atomic mass is 10.2. The highest BCUT2D eigenvalue weighted by Crippen LogP contribution is 2.22. The molecule has 0 radical (unpaired) electrons. The Kier molecular flexibility index (Phi) is 7.53. The van der Waals surface area contributed by atoms with Gasteiger partial charge in [0.05, 0.1) is 0 Å². The van der Waals surface area contributed by atoms with Crippen LogP contribution in [0.15, 0.2) is 70.7 Å². The molecule has 0 bridgehead atoms. The zero-order valence-corrected chi connectivity index (χ0v) is 16.2. The highest BCUT2D eigenvalue weighted by atomic mass is 32.2. The summed E-state index contributed by atoms with van der Waals surface area (Å²) in [6.07, 6.45) is -3.44. The van der Waals surface area contributed by atoms with Crippen molar-refractivity contribution in [2.45, 2.75) is 11.1 Å². The summed E-state index contributed by atoms with van der Waals surface area (Å²) in [5.74, 6) is -1.33. The maximum absolute atomic E-state index is 12.5. The Labute approximate surface area is 164 Å². The summed E-state index contributed by atoms with van der Waals surface area (Å²) < 4.78 is 58.7. The molecule has 0 spiro atoms. The van der Waals surface area contributed by atoms with Gasteiger partial charge >= 0.3 is 12.1 Å². The number of thioether (sulfide) groups is 1. The SMILES string of the molecule is CS(=O)(=Cc1ccccc1)ON=C(Sc1ccccc1)C(=O)OCC(F)(F)F. The minimum atomic E-state index is -4.68. The first-order valence-corrected chi connectivity index (χ1v) is 10.5. The summed E-state index contributed by atoms with van der Waals surface area (Å²) >= 11 is 0.738. The molecule has 10 heteroatoms. The van der Waals surface area contributed by atoms with Crippen molar-refractivity contribution < 1.29 is 31.2 Å². The number of ether oxygens (including phenoxy) is 1. The topological polar surface area (TPSA) is 65.0 Å². The third-order valence-corrected chi connectivity index (χ3v) is 4.93. The van der Waals surface area contributed by atoms with Crippen molar-refractivity contribution in [3.8, 4) is 0 Å². The number of carbonyl (C=O) groups is 1. The lowest BCUT2D eigenvalue weighted by Gasteiger charge is -2.10. The Bertz CT molecular complexity index is 938. The van der Waals surface area contributed by atoms with E-state index in [0.717, 1.165) is 11.8 Å². The fraction of sp³-hybridized carbons (Fsp3) is 0.167. The van der Waals surface area contributed by atoms with Crippen LogP contribution in [0, 0.1) is 0 Å². The van der Waals surface area contributed by atoms with Gasteiger partial charge in [0, 0.05) is 16.5 Å². The van der Waals surface area contributed by atoms with Crippen molar-refractivity contribution in [2.75, 3.05) is 12.9 Å². The minimum absolute atomic E-state index is 0.508. The van der Waals surface area contributed by atoms with Crippen LogP contribution in [0.3, 0.4) is 0 Å². The Morgan fingerprint density at radius 2 is 1.68 bits per heavy atom. The maximum atomic E-state index is 12.5. The fourth-order valence-electron chi connectivity index (χ4n) is 1.82. The molecule has 2 aromatic rings. The number of rotatable bonds is 5. The van der Waals surface area contributed by atoms with Gasteiger partial charge in [-0.25, -0.2) is 9.00 Å². The molecule has 150 valence electrons. The molecule has 0 amide bonds. The minimum Gasteiger partial charge on any atom is -0.451 e. The summed E-state index contributed by atoms with van der Waals surface area (Å²) in [7, 11) is -3.10. The van der Waals surface area contributed by atoms with E-state index in [1.165, 1.54) is 11.6 Å². The quantitative estimate of drug-likeness (QED) is 0.179. The molecule has 1 unspecified atom stereocenters. The predicted octanol–water partition coefficient (Wildman–Crippen LogP) is 3.89. The molecule has 0 saturated heterocycles. The van der Waals surface area contributed by atoms with Crippen LogP contribution in [0.25, 0.3) is 0 Å². The Balaban J connectivity index is 2.23. The fourth-order valence-corrected chi connectivity index (χ4v) is 3.51. The molecule has 2 aromatic carbocycles. The summed E-state index contributed by atoms with van der Waals surface area (Å²) in [5, 5.41) is 4.32. The molecule has 0 aliphatic carbocycles. The maximum Gasteiger partial charge on any atom is 0.422 e. The Hall–Kier alpha value is -2.46. The van der Waals surface area contributed by atoms with Gasteiger partial charge in [-0.2, -0.15) is 13.2 Å². The van der Waals surface area contributed by atoms with Crippen molar-refractivity contribution in [1.82, 2.24) is 0 Å². The average Bonchev–Trinajstić information content (AvgIpc) is 2.64. The predicted molar refractivity (Wildman–Crippen MR) is 104 cm³/mol. The molecule has 28 heavy (non-hydrogen) atoms. The second-order valence-electron chi connectivity index (χ2n) is 5.44. The molecule has 0 fully saturated rings. The number of nitrogens with zero attached hydrogens (tertiary/aromatic N) is 1. The third kappa shape index (κ3) is 8.05. The van der Waals surface area contributed by atoms with Gasteiger partial charge in [0.15, 0.2) is 6.61 Å². The van der Waals surface area contributed by atoms with Gasteiger partial charge in [-0.05, 0) is 17.7 Å². The molecule has 1 atom stereocenters. The molecule has 0 heterocycles. The van der Waals surface area contributed by atoms with E-state index in [2.05, 4.69) is 9.89 Å². The number of halogens is 3. The van der Waals surface area contributed by atoms with E-state index >= 15 is 0 Å². The van der Waals surface area contributed by atoms with Crippen LogP contribution in [-0.2, 0) is 23.6 Å².